The van der Waals surface area contributed by atoms with Gasteiger partial charge in [-0.3, -0.25) is 0 Å². The number of methoxy groups -OCH3 is 1. The van der Waals surface area contributed by atoms with Crippen molar-refractivity contribution in [1.29, 1.82) is 0 Å². The fourth-order valence-corrected chi connectivity index (χ4v) is 2.82. The zero-order valence-electron chi connectivity index (χ0n) is 18.9. The second kappa shape index (κ2) is 15.7. The van der Waals surface area contributed by atoms with E-state index >= 15 is 0 Å². The molecule has 2 N–H and O–H groups in total. The van der Waals surface area contributed by atoms with Crippen molar-refractivity contribution in [3.8, 4) is 11.6 Å². The number of aliphatic imine (C=N–C) groups is 1. The van der Waals surface area contributed by atoms with E-state index in [0.29, 0.717) is 38.8 Å². The first-order valence-corrected chi connectivity index (χ1v) is 10.5. The Morgan fingerprint density at radius 1 is 1.06 bits per heavy atom. The SMILES string of the molecule is CCNC(=NCc1cccnc1OCC)NCc1ccc(C)cc1OCCCOC.I. The smallest absolute Gasteiger partial charge is 0.218 e. The lowest BCUT2D eigenvalue weighted by Crippen LogP contribution is -2.36. The number of benzene rings is 1. The van der Waals surface area contributed by atoms with Crippen molar-refractivity contribution in [1.82, 2.24) is 15.6 Å². The lowest BCUT2D eigenvalue weighted by molar-refractivity contribution is 0.171. The van der Waals surface area contributed by atoms with Crippen LogP contribution in [0.25, 0.3) is 0 Å². The van der Waals surface area contributed by atoms with Gasteiger partial charge in [-0.2, -0.15) is 0 Å². The van der Waals surface area contributed by atoms with Crippen LogP contribution in [0.5, 0.6) is 11.6 Å². The molecule has 0 unspecified atom stereocenters. The molecular weight excluding hydrogens is 507 g/mol. The largest absolute Gasteiger partial charge is 0.493 e. The van der Waals surface area contributed by atoms with Gasteiger partial charge in [-0.05, 0) is 38.5 Å². The number of ether oxygens (including phenoxy) is 3. The molecule has 0 spiro atoms. The number of hydrogen-bond acceptors (Lipinski definition) is 5. The number of rotatable bonds is 12. The summed E-state index contributed by atoms with van der Waals surface area (Å²) in [5.74, 6) is 2.25. The molecule has 31 heavy (non-hydrogen) atoms. The average molecular weight is 542 g/mol. The minimum atomic E-state index is 0. The summed E-state index contributed by atoms with van der Waals surface area (Å²) in [6.45, 7) is 9.80. The molecule has 2 rings (SSSR count). The Hall–Kier alpha value is -2.07. The van der Waals surface area contributed by atoms with Crippen LogP contribution in [0.15, 0.2) is 41.5 Å². The minimum Gasteiger partial charge on any atom is -0.493 e. The van der Waals surface area contributed by atoms with E-state index in [4.69, 9.17) is 19.2 Å². The molecule has 0 aliphatic rings. The lowest BCUT2D eigenvalue weighted by Gasteiger charge is -2.15. The summed E-state index contributed by atoms with van der Waals surface area (Å²) in [5.41, 5.74) is 3.20. The minimum absolute atomic E-state index is 0. The van der Waals surface area contributed by atoms with Gasteiger partial charge in [0.15, 0.2) is 5.96 Å². The van der Waals surface area contributed by atoms with E-state index in [0.717, 1.165) is 35.8 Å². The monoisotopic (exact) mass is 542 g/mol. The second-order valence-corrected chi connectivity index (χ2v) is 6.76. The fraction of sp³-hybridized carbons (Fsp3) is 0.478. The standard InChI is InChI=1S/C23H34N4O3.HI/c1-5-24-23(27-17-20-9-7-12-25-22(20)29-6-2)26-16-19-11-10-18(3)15-21(19)30-14-8-13-28-4;/h7,9-12,15H,5-6,8,13-14,16-17H2,1-4H3,(H2,24,26,27);1H. The Labute approximate surface area is 203 Å². The van der Waals surface area contributed by atoms with Gasteiger partial charge in [0.25, 0.3) is 0 Å². The molecule has 1 aromatic carbocycles. The normalized spacial score (nSPS) is 10.9. The Balaban J connectivity index is 0.00000480. The summed E-state index contributed by atoms with van der Waals surface area (Å²) < 4.78 is 16.7. The predicted octanol–water partition coefficient (Wildman–Crippen LogP) is 4.08. The van der Waals surface area contributed by atoms with Gasteiger partial charge in [0.05, 0.1) is 19.8 Å². The van der Waals surface area contributed by atoms with Crippen LogP contribution in [0.1, 0.15) is 37.0 Å². The van der Waals surface area contributed by atoms with Crippen LogP contribution in [0.4, 0.5) is 0 Å². The maximum atomic E-state index is 5.98. The molecule has 0 saturated heterocycles. The van der Waals surface area contributed by atoms with Crippen molar-refractivity contribution in [2.45, 2.75) is 40.3 Å². The number of nitrogens with zero attached hydrogens (tertiary/aromatic N) is 2. The van der Waals surface area contributed by atoms with E-state index in [1.54, 1.807) is 13.3 Å². The van der Waals surface area contributed by atoms with Crippen molar-refractivity contribution >= 4 is 29.9 Å². The number of guanidine groups is 1. The molecule has 0 saturated carbocycles. The lowest BCUT2D eigenvalue weighted by atomic mass is 10.1. The Bertz CT molecular complexity index is 802. The molecule has 0 aliphatic heterocycles. The van der Waals surface area contributed by atoms with E-state index in [9.17, 15) is 0 Å². The molecule has 0 aliphatic carbocycles. The zero-order chi connectivity index (χ0) is 21.6. The summed E-state index contributed by atoms with van der Waals surface area (Å²) in [5, 5.41) is 6.68. The number of aromatic nitrogens is 1. The second-order valence-electron chi connectivity index (χ2n) is 6.76. The Morgan fingerprint density at radius 2 is 1.90 bits per heavy atom. The summed E-state index contributed by atoms with van der Waals surface area (Å²) in [7, 11) is 1.70. The number of pyridine rings is 1. The van der Waals surface area contributed by atoms with Crippen LogP contribution in [0, 0.1) is 6.92 Å². The van der Waals surface area contributed by atoms with Crippen LogP contribution in [-0.2, 0) is 17.8 Å². The van der Waals surface area contributed by atoms with E-state index in [-0.39, 0.29) is 24.0 Å². The van der Waals surface area contributed by atoms with Gasteiger partial charge < -0.3 is 24.8 Å². The predicted molar refractivity (Wildman–Crippen MR) is 136 cm³/mol. The first kappa shape index (κ1) is 27.0. The van der Waals surface area contributed by atoms with Crippen molar-refractivity contribution in [2.75, 3.05) is 33.5 Å². The van der Waals surface area contributed by atoms with Gasteiger partial charge in [0.2, 0.25) is 5.88 Å². The van der Waals surface area contributed by atoms with Crippen LogP contribution in [0.2, 0.25) is 0 Å². The number of aryl methyl sites for hydroxylation is 1. The maximum absolute atomic E-state index is 5.98. The Kier molecular flexibility index (Phi) is 13.6. The number of hydrogen-bond donors (Lipinski definition) is 2. The van der Waals surface area contributed by atoms with Crippen LogP contribution in [-0.4, -0.2) is 44.4 Å². The summed E-state index contributed by atoms with van der Waals surface area (Å²) in [4.78, 5) is 8.98. The molecule has 172 valence electrons. The molecular formula is C23H35IN4O3. The van der Waals surface area contributed by atoms with Crippen molar-refractivity contribution < 1.29 is 14.2 Å². The molecule has 2 aromatic rings. The molecule has 0 fully saturated rings. The molecule has 7 nitrogen and oxygen atoms in total. The van der Waals surface area contributed by atoms with Gasteiger partial charge in [0, 0.05) is 50.6 Å². The first-order valence-electron chi connectivity index (χ1n) is 10.5. The highest BCUT2D eigenvalue weighted by molar-refractivity contribution is 14.0. The topological polar surface area (TPSA) is 77.0 Å². The summed E-state index contributed by atoms with van der Waals surface area (Å²) >= 11 is 0. The van der Waals surface area contributed by atoms with E-state index in [1.807, 2.05) is 26.0 Å². The van der Waals surface area contributed by atoms with Crippen molar-refractivity contribution in [2.24, 2.45) is 4.99 Å². The third-order valence-electron chi connectivity index (χ3n) is 4.30. The van der Waals surface area contributed by atoms with Crippen LogP contribution in [0.3, 0.4) is 0 Å². The van der Waals surface area contributed by atoms with Gasteiger partial charge in [-0.25, -0.2) is 9.98 Å². The number of nitrogens with one attached hydrogen (secondary N) is 2. The average Bonchev–Trinajstić information content (AvgIpc) is 2.75. The summed E-state index contributed by atoms with van der Waals surface area (Å²) in [6, 6.07) is 10.1. The van der Waals surface area contributed by atoms with Crippen molar-refractivity contribution in [3.05, 3.63) is 53.2 Å². The van der Waals surface area contributed by atoms with Crippen molar-refractivity contribution in [3.63, 3.8) is 0 Å². The molecule has 0 radical (unpaired) electrons. The quantitative estimate of drug-likeness (QED) is 0.182. The maximum Gasteiger partial charge on any atom is 0.218 e. The van der Waals surface area contributed by atoms with E-state index in [2.05, 4.69) is 40.7 Å². The molecule has 1 aromatic heterocycles. The van der Waals surface area contributed by atoms with Gasteiger partial charge in [0.1, 0.15) is 5.75 Å². The number of halogens is 1. The molecule has 1 heterocycles. The van der Waals surface area contributed by atoms with Gasteiger partial charge in [-0.1, -0.05) is 18.2 Å². The summed E-state index contributed by atoms with van der Waals surface area (Å²) in [6.07, 6.45) is 2.59. The highest BCUT2D eigenvalue weighted by Gasteiger charge is 2.08. The fourth-order valence-electron chi connectivity index (χ4n) is 2.82. The molecule has 0 atom stereocenters. The first-order chi connectivity index (χ1) is 14.7. The third-order valence-corrected chi connectivity index (χ3v) is 4.30. The van der Waals surface area contributed by atoms with Gasteiger partial charge in [-0.15, -0.1) is 24.0 Å². The third kappa shape index (κ3) is 9.73. The van der Waals surface area contributed by atoms with E-state index < -0.39 is 0 Å². The molecule has 0 bridgehead atoms. The van der Waals surface area contributed by atoms with Gasteiger partial charge >= 0.3 is 0 Å². The van der Waals surface area contributed by atoms with Crippen LogP contribution >= 0.6 is 24.0 Å². The highest BCUT2D eigenvalue weighted by Crippen LogP contribution is 2.21. The Morgan fingerprint density at radius 3 is 2.65 bits per heavy atom. The molecule has 8 heteroatoms. The van der Waals surface area contributed by atoms with Crippen LogP contribution < -0.4 is 20.1 Å². The zero-order valence-corrected chi connectivity index (χ0v) is 21.3. The highest BCUT2D eigenvalue weighted by atomic mass is 127. The molecule has 0 amide bonds. The van der Waals surface area contributed by atoms with E-state index in [1.165, 1.54) is 5.56 Å².